The van der Waals surface area contributed by atoms with Gasteiger partial charge in [-0.2, -0.15) is 0 Å². The molecule has 4 nitrogen and oxygen atoms in total. The molecule has 0 bridgehead atoms. The number of hydrogen-bond donors (Lipinski definition) is 1. The molecule has 46 valence electrons. The molecule has 1 N–H and O–H groups in total. The topological polar surface area (TPSA) is 58.9 Å². The summed E-state index contributed by atoms with van der Waals surface area (Å²) >= 11 is 0. The van der Waals surface area contributed by atoms with E-state index in [9.17, 15) is 4.79 Å². The van der Waals surface area contributed by atoms with Crippen LogP contribution in [0.5, 0.6) is 0 Å². The normalized spacial score (nSPS) is 9.62. The van der Waals surface area contributed by atoms with Gasteiger partial charge in [0.05, 0.1) is 6.61 Å². The first-order valence-corrected chi connectivity index (χ1v) is 2.14. The number of hydrogen-bond acceptors (Lipinski definition) is 2. The average molecular weight is 117 g/mol. The van der Waals surface area contributed by atoms with Crippen molar-refractivity contribution in [2.75, 3.05) is 6.61 Å². The van der Waals surface area contributed by atoms with Gasteiger partial charge in [0.1, 0.15) is 0 Å². The summed E-state index contributed by atoms with van der Waals surface area (Å²) in [5.74, 6) is 0. The lowest BCUT2D eigenvalue weighted by Crippen LogP contribution is -1.90. The smallest absolute Gasteiger partial charge is 0.433 e. The van der Waals surface area contributed by atoms with Crippen LogP contribution in [0.4, 0.5) is 4.79 Å². The van der Waals surface area contributed by atoms with Crippen molar-refractivity contribution < 1.29 is 14.6 Å². The Bertz CT molecular complexity index is 99.5. The van der Waals surface area contributed by atoms with Crippen LogP contribution in [0.1, 0.15) is 6.92 Å². The van der Waals surface area contributed by atoms with Gasteiger partial charge in [-0.25, -0.2) is 4.79 Å². The molecule has 0 aromatic carbocycles. The van der Waals surface area contributed by atoms with E-state index < -0.39 is 6.09 Å². The standard InChI is InChI=1S/C4H7NO3/c1-2-8-3-5-4(6)7/h3H,2H2,1H3,(H,6,7). The predicted molar refractivity (Wildman–Crippen MR) is 28.1 cm³/mol. The maximum absolute atomic E-state index is 9.60. The maximum atomic E-state index is 9.60. The molecule has 0 aromatic rings. The van der Waals surface area contributed by atoms with Gasteiger partial charge in [0.25, 0.3) is 0 Å². The zero-order valence-corrected chi connectivity index (χ0v) is 4.50. The summed E-state index contributed by atoms with van der Waals surface area (Å²) in [6, 6.07) is 0. The minimum atomic E-state index is -1.24. The van der Waals surface area contributed by atoms with Gasteiger partial charge < -0.3 is 9.84 Å². The lowest BCUT2D eigenvalue weighted by molar-refractivity contribution is 0.204. The quantitative estimate of drug-likeness (QED) is 0.428. The van der Waals surface area contributed by atoms with Gasteiger partial charge >= 0.3 is 6.09 Å². The lowest BCUT2D eigenvalue weighted by atomic mass is 10.9. The predicted octanol–water partition coefficient (Wildman–Crippen LogP) is 0.729. The van der Waals surface area contributed by atoms with Crippen molar-refractivity contribution in [3.05, 3.63) is 0 Å². The van der Waals surface area contributed by atoms with E-state index in [1.165, 1.54) is 0 Å². The van der Waals surface area contributed by atoms with Gasteiger partial charge in [-0.05, 0) is 6.92 Å². The number of carbonyl (C=O) groups is 1. The fourth-order valence-corrected chi connectivity index (χ4v) is 0.157. The molecule has 8 heavy (non-hydrogen) atoms. The van der Waals surface area contributed by atoms with Crippen LogP contribution in [-0.4, -0.2) is 24.2 Å². The van der Waals surface area contributed by atoms with Crippen LogP contribution in [0, 0.1) is 0 Å². The van der Waals surface area contributed by atoms with E-state index in [4.69, 9.17) is 5.11 Å². The van der Waals surface area contributed by atoms with E-state index in [2.05, 4.69) is 9.73 Å². The van der Waals surface area contributed by atoms with Crippen LogP contribution >= 0.6 is 0 Å². The molecule has 0 atom stereocenters. The van der Waals surface area contributed by atoms with Crippen LogP contribution in [-0.2, 0) is 4.74 Å². The molecular weight excluding hydrogens is 110 g/mol. The molecule has 0 radical (unpaired) electrons. The summed E-state index contributed by atoms with van der Waals surface area (Å²) in [6.45, 7) is 2.19. The van der Waals surface area contributed by atoms with E-state index in [1.54, 1.807) is 6.92 Å². The number of ether oxygens (including phenoxy) is 1. The van der Waals surface area contributed by atoms with Crippen LogP contribution in [0.15, 0.2) is 4.99 Å². The van der Waals surface area contributed by atoms with Crippen molar-refractivity contribution >= 4 is 12.5 Å². The van der Waals surface area contributed by atoms with E-state index in [-0.39, 0.29) is 0 Å². The van der Waals surface area contributed by atoms with Gasteiger partial charge in [0.15, 0.2) is 6.40 Å². The van der Waals surface area contributed by atoms with Crippen molar-refractivity contribution in [2.45, 2.75) is 6.92 Å². The van der Waals surface area contributed by atoms with Gasteiger partial charge in [-0.3, -0.25) is 0 Å². The summed E-state index contributed by atoms with van der Waals surface area (Å²) in [5, 5.41) is 7.86. The average Bonchev–Trinajstić information content (AvgIpc) is 1.66. The highest BCUT2D eigenvalue weighted by atomic mass is 16.5. The van der Waals surface area contributed by atoms with Crippen LogP contribution < -0.4 is 0 Å². The first kappa shape index (κ1) is 6.94. The van der Waals surface area contributed by atoms with Gasteiger partial charge in [-0.1, -0.05) is 0 Å². The highest BCUT2D eigenvalue weighted by Gasteiger charge is 1.82. The molecule has 0 aliphatic rings. The molecule has 0 unspecified atom stereocenters. The molecule has 0 aromatic heterocycles. The number of amides is 1. The highest BCUT2D eigenvalue weighted by Crippen LogP contribution is 1.69. The van der Waals surface area contributed by atoms with Crippen LogP contribution in [0.3, 0.4) is 0 Å². The summed E-state index contributed by atoms with van der Waals surface area (Å²) in [4.78, 5) is 12.5. The van der Waals surface area contributed by atoms with Gasteiger partial charge in [-0.15, -0.1) is 4.99 Å². The van der Waals surface area contributed by atoms with E-state index >= 15 is 0 Å². The van der Waals surface area contributed by atoms with E-state index in [0.717, 1.165) is 6.40 Å². The molecule has 0 saturated carbocycles. The Kier molecular flexibility index (Phi) is 3.56. The Labute approximate surface area is 46.8 Å². The Balaban J connectivity index is 3.20. The first-order chi connectivity index (χ1) is 3.77. The molecule has 4 heteroatoms. The van der Waals surface area contributed by atoms with Crippen LogP contribution in [0.2, 0.25) is 0 Å². The Morgan fingerprint density at radius 2 is 2.62 bits per heavy atom. The van der Waals surface area contributed by atoms with Crippen LogP contribution in [0.25, 0.3) is 0 Å². The van der Waals surface area contributed by atoms with Crippen molar-refractivity contribution in [1.82, 2.24) is 0 Å². The van der Waals surface area contributed by atoms with Crippen molar-refractivity contribution in [1.29, 1.82) is 0 Å². The lowest BCUT2D eigenvalue weighted by Gasteiger charge is -1.86. The largest absolute Gasteiger partial charge is 0.483 e. The Hall–Kier alpha value is -1.06. The van der Waals surface area contributed by atoms with Crippen molar-refractivity contribution in [3.63, 3.8) is 0 Å². The van der Waals surface area contributed by atoms with Gasteiger partial charge in [0, 0.05) is 0 Å². The summed E-state index contributed by atoms with van der Waals surface area (Å²) in [6.07, 6.45) is -0.332. The molecule has 0 saturated heterocycles. The molecule has 1 amide bonds. The number of aliphatic imine (C=N–C) groups is 1. The minimum Gasteiger partial charge on any atom is -0.483 e. The zero-order valence-electron chi connectivity index (χ0n) is 4.50. The third-order valence-corrected chi connectivity index (χ3v) is 0.404. The Morgan fingerprint density at radius 1 is 2.00 bits per heavy atom. The van der Waals surface area contributed by atoms with E-state index in [0.29, 0.717) is 6.61 Å². The molecular formula is C4H7NO3. The Morgan fingerprint density at radius 3 is 3.00 bits per heavy atom. The monoisotopic (exact) mass is 117 g/mol. The summed E-state index contributed by atoms with van der Waals surface area (Å²) in [5.41, 5.74) is 0. The molecule has 0 rings (SSSR count). The first-order valence-electron chi connectivity index (χ1n) is 2.14. The number of rotatable bonds is 2. The fraction of sp³-hybridized carbons (Fsp3) is 0.500. The summed E-state index contributed by atoms with van der Waals surface area (Å²) in [7, 11) is 0. The van der Waals surface area contributed by atoms with Crippen molar-refractivity contribution in [3.8, 4) is 0 Å². The second-order valence-electron chi connectivity index (χ2n) is 0.972. The molecule has 0 spiro atoms. The second-order valence-corrected chi connectivity index (χ2v) is 0.972. The second kappa shape index (κ2) is 4.11. The van der Waals surface area contributed by atoms with Crippen molar-refractivity contribution in [2.24, 2.45) is 4.99 Å². The molecule has 0 fully saturated rings. The maximum Gasteiger partial charge on any atom is 0.433 e. The third-order valence-electron chi connectivity index (χ3n) is 0.404. The fourth-order valence-electron chi connectivity index (χ4n) is 0.157. The highest BCUT2D eigenvalue weighted by molar-refractivity contribution is 5.74. The van der Waals surface area contributed by atoms with Gasteiger partial charge in [0.2, 0.25) is 0 Å². The SMILES string of the molecule is CCOC=NC(=O)O. The minimum absolute atomic E-state index is 0.441. The summed E-state index contributed by atoms with van der Waals surface area (Å²) < 4.78 is 4.47. The molecule has 0 aliphatic carbocycles. The third kappa shape index (κ3) is 4.94. The zero-order chi connectivity index (χ0) is 6.41. The van der Waals surface area contributed by atoms with E-state index in [1.807, 2.05) is 0 Å². The number of carboxylic acid groups (broad SMARTS) is 1. The number of nitrogens with zero attached hydrogens (tertiary/aromatic N) is 1. The molecule has 0 aliphatic heterocycles. The molecule has 0 heterocycles.